The first-order valence-electron chi connectivity index (χ1n) is 8.76. The number of rotatable bonds is 8. The minimum absolute atomic E-state index is 0.598. The van der Waals surface area contributed by atoms with Crippen molar-refractivity contribution in [2.45, 2.75) is 32.9 Å². The molecule has 3 rings (SSSR count). The van der Waals surface area contributed by atoms with Gasteiger partial charge in [0.25, 0.3) is 0 Å². The van der Waals surface area contributed by atoms with Gasteiger partial charge in [-0.25, -0.2) is 0 Å². The second-order valence-electron chi connectivity index (χ2n) is 6.07. The molecule has 0 heterocycles. The van der Waals surface area contributed by atoms with E-state index in [4.69, 9.17) is 4.74 Å². The maximum absolute atomic E-state index is 6.15. The third-order valence-electron chi connectivity index (χ3n) is 4.24. The van der Waals surface area contributed by atoms with E-state index in [1.165, 1.54) is 34.7 Å². The molecule has 1 N–H and O–H groups in total. The summed E-state index contributed by atoms with van der Waals surface area (Å²) in [5.74, 6) is 0.974. The summed E-state index contributed by atoms with van der Waals surface area (Å²) in [4.78, 5) is 0. The smallest absolute Gasteiger partial charge is 0.124 e. The average Bonchev–Trinajstić information content (AvgIpc) is 2.65. The van der Waals surface area contributed by atoms with Gasteiger partial charge in [-0.15, -0.1) is 0 Å². The lowest BCUT2D eigenvalue weighted by atomic mass is 10.0. The minimum Gasteiger partial charge on any atom is -0.489 e. The Balaban J connectivity index is 1.82. The normalized spacial score (nSPS) is 10.9. The van der Waals surface area contributed by atoms with E-state index in [1.807, 2.05) is 18.2 Å². The lowest BCUT2D eigenvalue weighted by Gasteiger charge is -2.15. The van der Waals surface area contributed by atoms with E-state index in [2.05, 4.69) is 60.8 Å². The van der Waals surface area contributed by atoms with Crippen LogP contribution in [0.5, 0.6) is 5.75 Å². The van der Waals surface area contributed by atoms with Gasteiger partial charge in [0.15, 0.2) is 0 Å². The molecule has 0 aliphatic heterocycles. The Bertz CT molecular complexity index is 767. The Morgan fingerprint density at radius 3 is 2.50 bits per heavy atom. The second kappa shape index (κ2) is 8.51. The summed E-state index contributed by atoms with van der Waals surface area (Å²) in [6.07, 6.45) is 2.41. The van der Waals surface area contributed by atoms with Crippen LogP contribution in [0.4, 0.5) is 0 Å². The minimum atomic E-state index is 0.598. The first-order valence-corrected chi connectivity index (χ1v) is 8.76. The van der Waals surface area contributed by atoms with Crippen LogP contribution in [0.2, 0.25) is 0 Å². The van der Waals surface area contributed by atoms with Crippen LogP contribution in [0.25, 0.3) is 10.8 Å². The zero-order chi connectivity index (χ0) is 16.6. The summed E-state index contributed by atoms with van der Waals surface area (Å²) in [5.41, 5.74) is 2.44. The van der Waals surface area contributed by atoms with E-state index in [-0.39, 0.29) is 0 Å². The van der Waals surface area contributed by atoms with E-state index in [1.54, 1.807) is 0 Å². The first kappa shape index (κ1) is 16.5. The largest absolute Gasteiger partial charge is 0.489 e. The molecule has 0 aliphatic rings. The molecule has 2 nitrogen and oxygen atoms in total. The number of unbranched alkanes of at least 4 members (excludes halogenated alkanes) is 1. The Labute approximate surface area is 144 Å². The molecule has 0 saturated heterocycles. The average molecular weight is 319 g/mol. The number of benzene rings is 3. The van der Waals surface area contributed by atoms with Crippen LogP contribution in [-0.4, -0.2) is 6.54 Å². The predicted molar refractivity (Wildman–Crippen MR) is 101 cm³/mol. The van der Waals surface area contributed by atoms with Gasteiger partial charge in [0, 0.05) is 12.1 Å². The van der Waals surface area contributed by atoms with E-state index in [0.29, 0.717) is 6.61 Å². The van der Waals surface area contributed by atoms with Crippen molar-refractivity contribution < 1.29 is 4.74 Å². The van der Waals surface area contributed by atoms with Gasteiger partial charge in [0.05, 0.1) is 0 Å². The van der Waals surface area contributed by atoms with Gasteiger partial charge in [0.1, 0.15) is 12.4 Å². The Morgan fingerprint density at radius 1 is 0.875 bits per heavy atom. The fourth-order valence-electron chi connectivity index (χ4n) is 2.88. The standard InChI is InChI=1S/C22H25NO/c1-2-3-15-23-16-21-20-12-8-7-11-19(20)13-14-22(21)24-17-18-9-5-4-6-10-18/h4-14,23H,2-3,15-17H2,1H3. The van der Waals surface area contributed by atoms with Crippen LogP contribution >= 0.6 is 0 Å². The molecule has 0 radical (unpaired) electrons. The lowest BCUT2D eigenvalue weighted by Crippen LogP contribution is -2.15. The maximum atomic E-state index is 6.15. The molecular weight excluding hydrogens is 294 g/mol. The quantitative estimate of drug-likeness (QED) is 0.568. The van der Waals surface area contributed by atoms with E-state index >= 15 is 0 Å². The topological polar surface area (TPSA) is 21.3 Å². The summed E-state index contributed by atoms with van der Waals surface area (Å²) in [6, 6.07) is 23.1. The van der Waals surface area contributed by atoms with Crippen molar-refractivity contribution in [1.29, 1.82) is 0 Å². The summed E-state index contributed by atoms with van der Waals surface area (Å²) >= 11 is 0. The molecule has 3 aromatic carbocycles. The van der Waals surface area contributed by atoms with Crippen molar-refractivity contribution >= 4 is 10.8 Å². The molecule has 0 amide bonds. The van der Waals surface area contributed by atoms with Gasteiger partial charge < -0.3 is 10.1 Å². The molecule has 124 valence electrons. The first-order chi connectivity index (χ1) is 11.9. The fraction of sp³-hybridized carbons (Fsp3) is 0.273. The summed E-state index contributed by atoms with van der Waals surface area (Å²) in [6.45, 7) is 4.69. The SMILES string of the molecule is CCCCNCc1c(OCc2ccccc2)ccc2ccccc12. The lowest BCUT2D eigenvalue weighted by molar-refractivity contribution is 0.302. The van der Waals surface area contributed by atoms with Crippen LogP contribution in [0.3, 0.4) is 0 Å². The summed E-state index contributed by atoms with van der Waals surface area (Å²) in [7, 11) is 0. The van der Waals surface area contributed by atoms with Gasteiger partial charge in [-0.3, -0.25) is 0 Å². The summed E-state index contributed by atoms with van der Waals surface area (Å²) < 4.78 is 6.15. The van der Waals surface area contributed by atoms with Crippen molar-refractivity contribution in [3.8, 4) is 5.75 Å². The maximum Gasteiger partial charge on any atom is 0.124 e. The fourth-order valence-corrected chi connectivity index (χ4v) is 2.88. The molecular formula is C22H25NO. The van der Waals surface area contributed by atoms with Gasteiger partial charge in [-0.2, -0.15) is 0 Å². The predicted octanol–water partition coefficient (Wildman–Crippen LogP) is 5.31. The summed E-state index contributed by atoms with van der Waals surface area (Å²) in [5, 5.41) is 6.08. The number of hydrogen-bond donors (Lipinski definition) is 1. The zero-order valence-corrected chi connectivity index (χ0v) is 14.3. The van der Waals surface area contributed by atoms with Crippen LogP contribution in [-0.2, 0) is 13.2 Å². The molecule has 2 heteroatoms. The van der Waals surface area contributed by atoms with Gasteiger partial charge >= 0.3 is 0 Å². The molecule has 0 bridgehead atoms. The van der Waals surface area contributed by atoms with Crippen molar-refractivity contribution in [2.24, 2.45) is 0 Å². The molecule has 0 aromatic heterocycles. The monoisotopic (exact) mass is 319 g/mol. The van der Waals surface area contributed by atoms with Crippen molar-refractivity contribution in [3.05, 3.63) is 77.9 Å². The Kier molecular flexibility index (Phi) is 5.86. The molecule has 24 heavy (non-hydrogen) atoms. The highest BCUT2D eigenvalue weighted by Crippen LogP contribution is 2.28. The molecule has 0 fully saturated rings. The van der Waals surface area contributed by atoms with E-state index in [0.717, 1.165) is 18.8 Å². The van der Waals surface area contributed by atoms with Crippen LogP contribution in [0, 0.1) is 0 Å². The van der Waals surface area contributed by atoms with Crippen molar-refractivity contribution in [1.82, 2.24) is 5.32 Å². The van der Waals surface area contributed by atoms with Crippen molar-refractivity contribution in [2.75, 3.05) is 6.54 Å². The zero-order valence-electron chi connectivity index (χ0n) is 14.3. The molecule has 3 aromatic rings. The third-order valence-corrected chi connectivity index (χ3v) is 4.24. The highest BCUT2D eigenvalue weighted by Gasteiger charge is 2.09. The Morgan fingerprint density at radius 2 is 1.67 bits per heavy atom. The van der Waals surface area contributed by atoms with Crippen LogP contribution in [0.15, 0.2) is 66.7 Å². The second-order valence-corrected chi connectivity index (χ2v) is 6.07. The van der Waals surface area contributed by atoms with Crippen molar-refractivity contribution in [3.63, 3.8) is 0 Å². The van der Waals surface area contributed by atoms with E-state index < -0.39 is 0 Å². The molecule has 0 aliphatic carbocycles. The van der Waals surface area contributed by atoms with Gasteiger partial charge in [-0.05, 0) is 35.4 Å². The molecule has 0 unspecified atom stereocenters. The van der Waals surface area contributed by atoms with Crippen LogP contribution < -0.4 is 10.1 Å². The van der Waals surface area contributed by atoms with E-state index in [9.17, 15) is 0 Å². The number of nitrogens with one attached hydrogen (secondary N) is 1. The molecule has 0 saturated carbocycles. The third kappa shape index (κ3) is 4.15. The highest BCUT2D eigenvalue weighted by molar-refractivity contribution is 5.87. The van der Waals surface area contributed by atoms with Crippen LogP contribution in [0.1, 0.15) is 30.9 Å². The number of hydrogen-bond acceptors (Lipinski definition) is 2. The number of ether oxygens (including phenoxy) is 1. The Hall–Kier alpha value is -2.32. The van der Waals surface area contributed by atoms with Gasteiger partial charge in [0.2, 0.25) is 0 Å². The van der Waals surface area contributed by atoms with Gasteiger partial charge in [-0.1, -0.05) is 74.0 Å². The molecule has 0 spiro atoms. The highest BCUT2D eigenvalue weighted by atomic mass is 16.5. The number of fused-ring (bicyclic) bond motifs is 1. The molecule has 0 atom stereocenters.